The molecule has 0 saturated carbocycles. The van der Waals surface area contributed by atoms with Crippen LogP contribution in [0.1, 0.15) is 0 Å². The molecule has 0 aromatic heterocycles. The number of fused-ring (bicyclic) bond motifs is 1. The van der Waals surface area contributed by atoms with E-state index in [0.29, 0.717) is 22.1 Å². The van der Waals surface area contributed by atoms with Crippen LogP contribution >= 0.6 is 11.6 Å². The van der Waals surface area contributed by atoms with E-state index in [4.69, 9.17) is 17.0 Å². The van der Waals surface area contributed by atoms with Gasteiger partial charge in [-0.3, -0.25) is 15.1 Å². The van der Waals surface area contributed by atoms with Gasteiger partial charge in [0.15, 0.2) is 0 Å². The molecule has 3 rings (SSSR count). The number of carbonyl (C=O) groups excluding carboxylic acids is 2. The number of hydrogen-bond donors (Lipinski definition) is 2. The minimum absolute atomic E-state index is 0.0361. The maximum atomic E-state index is 13.4. The van der Waals surface area contributed by atoms with Gasteiger partial charge < -0.3 is 15.1 Å². The number of hydrogen-bond acceptors (Lipinski definition) is 3. The van der Waals surface area contributed by atoms with E-state index in [1.807, 2.05) is 18.2 Å². The van der Waals surface area contributed by atoms with E-state index in [1.54, 1.807) is 56.4 Å². The van der Waals surface area contributed by atoms with Crippen LogP contribution in [0.4, 0.5) is 21.9 Å². The molecule has 0 saturated heterocycles. The molecule has 0 atom stereocenters. The van der Waals surface area contributed by atoms with Crippen LogP contribution in [0.2, 0.25) is 5.02 Å². The Morgan fingerprint density at radius 1 is 1.14 bits per heavy atom. The standard InChI is InChI=1S/C20H20ClN5O2/c1-24(2)20(28)23-12-15-18(22)25(3)16-10-9-13(21)11-17(16)26(19(15)27)14-7-5-4-6-8-14/h4-12,22H,1-3H3,(H,23,28). The molecule has 0 spiro atoms. The van der Waals surface area contributed by atoms with Gasteiger partial charge in [-0.05, 0) is 30.3 Å². The number of amides is 3. The van der Waals surface area contributed by atoms with Crippen molar-refractivity contribution in [1.82, 2.24) is 10.2 Å². The fourth-order valence-corrected chi connectivity index (χ4v) is 2.98. The van der Waals surface area contributed by atoms with Crippen LogP contribution in [0.25, 0.3) is 0 Å². The summed E-state index contributed by atoms with van der Waals surface area (Å²) in [5.41, 5.74) is 1.88. The molecule has 1 aliphatic heterocycles. The van der Waals surface area contributed by atoms with Gasteiger partial charge in [0.05, 0.1) is 16.9 Å². The quantitative estimate of drug-likeness (QED) is 0.760. The summed E-state index contributed by atoms with van der Waals surface area (Å²) in [7, 11) is 4.88. The number of rotatable bonds is 2. The first-order valence-corrected chi connectivity index (χ1v) is 8.88. The number of likely N-dealkylation sites (N-methyl/N-ethyl adjacent to an activating group) is 1. The van der Waals surface area contributed by atoms with Gasteiger partial charge in [0.1, 0.15) is 5.84 Å². The van der Waals surface area contributed by atoms with Gasteiger partial charge >= 0.3 is 6.03 Å². The Kier molecular flexibility index (Phi) is 5.37. The molecule has 144 valence electrons. The molecule has 0 unspecified atom stereocenters. The predicted octanol–water partition coefficient (Wildman–Crippen LogP) is 3.59. The Labute approximate surface area is 168 Å². The van der Waals surface area contributed by atoms with E-state index < -0.39 is 11.9 Å². The summed E-state index contributed by atoms with van der Waals surface area (Å²) in [4.78, 5) is 29.8. The highest BCUT2D eigenvalue weighted by Gasteiger charge is 2.33. The van der Waals surface area contributed by atoms with Crippen LogP contribution in [0.3, 0.4) is 0 Å². The monoisotopic (exact) mass is 397 g/mol. The van der Waals surface area contributed by atoms with Crippen molar-refractivity contribution in [2.24, 2.45) is 0 Å². The van der Waals surface area contributed by atoms with Crippen molar-refractivity contribution >= 4 is 46.4 Å². The second-order valence-electron chi connectivity index (χ2n) is 6.42. The molecule has 0 radical (unpaired) electrons. The number of nitrogens with one attached hydrogen (secondary N) is 2. The molecular formula is C20H20ClN5O2. The Morgan fingerprint density at radius 2 is 1.82 bits per heavy atom. The summed E-state index contributed by atoms with van der Waals surface area (Å²) < 4.78 is 0. The van der Waals surface area contributed by atoms with Gasteiger partial charge in [0.25, 0.3) is 5.91 Å². The van der Waals surface area contributed by atoms with E-state index in [1.165, 1.54) is 16.0 Å². The molecule has 1 aliphatic rings. The smallest absolute Gasteiger partial charge is 0.320 e. The van der Waals surface area contributed by atoms with Crippen molar-refractivity contribution in [2.75, 3.05) is 30.9 Å². The minimum Gasteiger partial charge on any atom is -0.331 e. The lowest BCUT2D eigenvalue weighted by molar-refractivity contribution is -0.114. The summed E-state index contributed by atoms with van der Waals surface area (Å²) >= 11 is 6.20. The topological polar surface area (TPSA) is 79.7 Å². The van der Waals surface area contributed by atoms with Crippen molar-refractivity contribution < 1.29 is 9.59 Å². The molecule has 0 aliphatic carbocycles. The number of para-hydroxylation sites is 1. The van der Waals surface area contributed by atoms with Gasteiger partial charge in [0, 0.05) is 38.1 Å². The van der Waals surface area contributed by atoms with Gasteiger partial charge in [0.2, 0.25) is 0 Å². The van der Waals surface area contributed by atoms with E-state index in [0.717, 1.165) is 0 Å². The summed E-state index contributed by atoms with van der Waals surface area (Å²) in [5.74, 6) is -0.478. The number of carbonyl (C=O) groups is 2. The third-order valence-electron chi connectivity index (χ3n) is 4.32. The van der Waals surface area contributed by atoms with Gasteiger partial charge in [-0.15, -0.1) is 0 Å². The van der Waals surface area contributed by atoms with Crippen LogP contribution in [0.15, 0.2) is 60.3 Å². The highest BCUT2D eigenvalue weighted by atomic mass is 35.5. The first-order chi connectivity index (χ1) is 13.3. The number of benzene rings is 2. The first-order valence-electron chi connectivity index (χ1n) is 8.51. The first kappa shape index (κ1) is 19.4. The molecule has 0 bridgehead atoms. The van der Waals surface area contributed by atoms with E-state index >= 15 is 0 Å². The number of urea groups is 1. The molecule has 2 aromatic rings. The second-order valence-corrected chi connectivity index (χ2v) is 6.86. The summed E-state index contributed by atoms with van der Waals surface area (Å²) in [6.07, 6.45) is 1.27. The largest absolute Gasteiger partial charge is 0.331 e. The van der Waals surface area contributed by atoms with Crippen LogP contribution in [0, 0.1) is 5.41 Å². The third kappa shape index (κ3) is 3.57. The average Bonchev–Trinajstić information content (AvgIpc) is 2.74. The Hall–Kier alpha value is -3.32. The molecule has 1 heterocycles. The molecule has 3 amide bonds. The van der Waals surface area contributed by atoms with Crippen LogP contribution in [-0.2, 0) is 4.79 Å². The summed E-state index contributed by atoms with van der Waals surface area (Å²) in [5, 5.41) is 11.6. The van der Waals surface area contributed by atoms with Crippen molar-refractivity contribution in [3.8, 4) is 0 Å². The zero-order chi connectivity index (χ0) is 20.4. The van der Waals surface area contributed by atoms with E-state index in [-0.39, 0.29) is 11.4 Å². The highest BCUT2D eigenvalue weighted by molar-refractivity contribution is 6.35. The fraction of sp³-hybridized carbons (Fsp3) is 0.150. The zero-order valence-corrected chi connectivity index (χ0v) is 16.5. The van der Waals surface area contributed by atoms with Gasteiger partial charge in [-0.1, -0.05) is 29.8 Å². The van der Waals surface area contributed by atoms with Crippen LogP contribution < -0.4 is 15.1 Å². The van der Waals surface area contributed by atoms with Gasteiger partial charge in [-0.25, -0.2) is 4.79 Å². The highest BCUT2D eigenvalue weighted by Crippen LogP contribution is 2.40. The van der Waals surface area contributed by atoms with Crippen molar-refractivity contribution in [2.45, 2.75) is 0 Å². The normalized spacial score (nSPS) is 15.4. The summed E-state index contributed by atoms with van der Waals surface area (Å²) in [6.45, 7) is 0. The minimum atomic E-state index is -0.442. The van der Waals surface area contributed by atoms with E-state index in [2.05, 4.69) is 5.32 Å². The Morgan fingerprint density at radius 3 is 2.46 bits per heavy atom. The maximum Gasteiger partial charge on any atom is 0.320 e. The SMILES string of the molecule is CN(C)C(=O)NC=C1C(=N)N(C)c2ccc(Cl)cc2N(c2ccccc2)C1=O. The molecule has 28 heavy (non-hydrogen) atoms. The summed E-state index contributed by atoms with van der Waals surface area (Å²) in [6, 6.07) is 13.9. The van der Waals surface area contributed by atoms with Gasteiger partial charge in [-0.2, -0.15) is 0 Å². The van der Waals surface area contributed by atoms with Crippen molar-refractivity contribution in [3.05, 3.63) is 65.3 Å². The predicted molar refractivity (Wildman–Crippen MR) is 111 cm³/mol. The lowest BCUT2D eigenvalue weighted by atomic mass is 10.2. The van der Waals surface area contributed by atoms with E-state index in [9.17, 15) is 9.59 Å². The second kappa shape index (κ2) is 7.74. The number of amidine groups is 1. The fourth-order valence-electron chi connectivity index (χ4n) is 2.82. The molecular weight excluding hydrogens is 378 g/mol. The maximum absolute atomic E-state index is 13.4. The lowest BCUT2D eigenvalue weighted by Crippen LogP contribution is -2.36. The number of halogens is 1. The van der Waals surface area contributed by atoms with Crippen molar-refractivity contribution in [1.29, 1.82) is 5.41 Å². The zero-order valence-electron chi connectivity index (χ0n) is 15.7. The lowest BCUT2D eigenvalue weighted by Gasteiger charge is -2.24. The van der Waals surface area contributed by atoms with Crippen LogP contribution in [-0.4, -0.2) is 43.8 Å². The average molecular weight is 398 g/mol. The third-order valence-corrected chi connectivity index (χ3v) is 4.56. The molecule has 7 nitrogen and oxygen atoms in total. The van der Waals surface area contributed by atoms with Crippen molar-refractivity contribution in [3.63, 3.8) is 0 Å². The Balaban J connectivity index is 2.18. The molecule has 2 N–H and O–H groups in total. The number of anilines is 3. The Bertz CT molecular complexity index is 972. The number of nitrogens with zero attached hydrogens (tertiary/aromatic N) is 3. The molecule has 0 fully saturated rings. The molecule has 8 heteroatoms. The van der Waals surface area contributed by atoms with Crippen LogP contribution in [0.5, 0.6) is 0 Å². The molecule has 2 aromatic carbocycles.